The van der Waals surface area contributed by atoms with E-state index in [9.17, 15) is 0 Å². The lowest BCUT2D eigenvalue weighted by Crippen LogP contribution is -2.09. The third kappa shape index (κ3) is 3.93. The monoisotopic (exact) mass is 253 g/mol. The largest absolute Gasteiger partial charge is 0.324 e. The van der Waals surface area contributed by atoms with Crippen molar-refractivity contribution < 1.29 is 0 Å². The first-order valence-electron chi connectivity index (χ1n) is 7.22. The molecule has 0 aromatic heterocycles. The molecule has 1 heteroatoms. The molecule has 19 heavy (non-hydrogen) atoms. The predicted octanol–water partition coefficient (Wildman–Crippen LogP) is 4.93. The molecule has 0 unspecified atom stereocenters. The van der Waals surface area contributed by atoms with E-state index in [1.54, 1.807) is 0 Å². The highest BCUT2D eigenvalue weighted by atomic mass is 14.6. The van der Waals surface area contributed by atoms with Gasteiger partial charge in [-0.2, -0.15) is 0 Å². The SMILES string of the molecule is CCCCC[C@H](N)c1ccc(-c2ccccc2)cc1. The summed E-state index contributed by atoms with van der Waals surface area (Å²) < 4.78 is 0. The van der Waals surface area contributed by atoms with Gasteiger partial charge in [-0.15, -0.1) is 0 Å². The summed E-state index contributed by atoms with van der Waals surface area (Å²) in [5, 5.41) is 0. The summed E-state index contributed by atoms with van der Waals surface area (Å²) in [6.45, 7) is 2.22. The molecular formula is C18H23N. The Kier molecular flexibility index (Phi) is 5.17. The fourth-order valence-electron chi connectivity index (χ4n) is 2.33. The number of unbranched alkanes of at least 4 members (excludes halogenated alkanes) is 2. The van der Waals surface area contributed by atoms with E-state index in [-0.39, 0.29) is 6.04 Å². The van der Waals surface area contributed by atoms with Gasteiger partial charge in [0.15, 0.2) is 0 Å². The average Bonchev–Trinajstić information content (AvgIpc) is 2.48. The van der Waals surface area contributed by atoms with Crippen molar-refractivity contribution in [3.05, 3.63) is 60.2 Å². The minimum absolute atomic E-state index is 0.177. The number of hydrogen-bond acceptors (Lipinski definition) is 1. The van der Waals surface area contributed by atoms with Crippen LogP contribution >= 0.6 is 0 Å². The van der Waals surface area contributed by atoms with Gasteiger partial charge in [0.1, 0.15) is 0 Å². The van der Waals surface area contributed by atoms with E-state index < -0.39 is 0 Å². The quantitative estimate of drug-likeness (QED) is 0.725. The maximum atomic E-state index is 6.22. The Morgan fingerprint density at radius 2 is 1.47 bits per heavy atom. The van der Waals surface area contributed by atoms with Gasteiger partial charge in [0, 0.05) is 6.04 Å². The number of nitrogens with two attached hydrogens (primary N) is 1. The summed E-state index contributed by atoms with van der Waals surface area (Å²) in [5.74, 6) is 0. The van der Waals surface area contributed by atoms with Gasteiger partial charge in [-0.3, -0.25) is 0 Å². The number of rotatable bonds is 6. The molecule has 0 aliphatic rings. The Hall–Kier alpha value is -1.60. The van der Waals surface area contributed by atoms with E-state index >= 15 is 0 Å². The van der Waals surface area contributed by atoms with E-state index in [1.807, 2.05) is 6.07 Å². The van der Waals surface area contributed by atoms with Crippen LogP contribution < -0.4 is 5.73 Å². The van der Waals surface area contributed by atoms with Crippen LogP contribution in [0, 0.1) is 0 Å². The summed E-state index contributed by atoms with van der Waals surface area (Å²) in [6, 6.07) is 19.3. The van der Waals surface area contributed by atoms with Crippen molar-refractivity contribution in [1.82, 2.24) is 0 Å². The molecule has 0 fully saturated rings. The van der Waals surface area contributed by atoms with Gasteiger partial charge < -0.3 is 5.73 Å². The second-order valence-electron chi connectivity index (χ2n) is 5.09. The highest BCUT2D eigenvalue weighted by Crippen LogP contribution is 2.23. The second-order valence-corrected chi connectivity index (χ2v) is 5.09. The lowest BCUT2D eigenvalue weighted by atomic mass is 9.98. The van der Waals surface area contributed by atoms with Crippen molar-refractivity contribution >= 4 is 0 Å². The first kappa shape index (κ1) is 13.8. The lowest BCUT2D eigenvalue weighted by molar-refractivity contribution is 0.581. The molecule has 0 amide bonds. The Labute approximate surface area is 116 Å². The molecule has 0 radical (unpaired) electrons. The zero-order chi connectivity index (χ0) is 13.5. The van der Waals surface area contributed by atoms with Crippen LogP contribution in [0.25, 0.3) is 11.1 Å². The van der Waals surface area contributed by atoms with E-state index in [2.05, 4.69) is 55.5 Å². The predicted molar refractivity (Wildman–Crippen MR) is 82.9 cm³/mol. The molecule has 1 nitrogen and oxygen atoms in total. The zero-order valence-electron chi connectivity index (χ0n) is 11.7. The Balaban J connectivity index is 2.02. The van der Waals surface area contributed by atoms with Crippen LogP contribution in [0.4, 0.5) is 0 Å². The van der Waals surface area contributed by atoms with Gasteiger partial charge in [-0.05, 0) is 23.1 Å². The van der Waals surface area contributed by atoms with Crippen molar-refractivity contribution in [3.63, 3.8) is 0 Å². The Morgan fingerprint density at radius 3 is 2.11 bits per heavy atom. The lowest BCUT2D eigenvalue weighted by Gasteiger charge is -2.12. The van der Waals surface area contributed by atoms with Crippen LogP contribution in [0.2, 0.25) is 0 Å². The fourth-order valence-corrected chi connectivity index (χ4v) is 2.33. The van der Waals surface area contributed by atoms with Gasteiger partial charge in [0.25, 0.3) is 0 Å². The third-order valence-corrected chi connectivity index (χ3v) is 3.56. The molecule has 0 bridgehead atoms. The molecular weight excluding hydrogens is 230 g/mol. The van der Waals surface area contributed by atoms with Gasteiger partial charge in [0.05, 0.1) is 0 Å². The summed E-state index contributed by atoms with van der Waals surface area (Å²) in [7, 11) is 0. The van der Waals surface area contributed by atoms with Crippen molar-refractivity contribution in [1.29, 1.82) is 0 Å². The van der Waals surface area contributed by atoms with Crippen molar-refractivity contribution in [2.75, 3.05) is 0 Å². The van der Waals surface area contributed by atoms with E-state index in [0.29, 0.717) is 0 Å². The topological polar surface area (TPSA) is 26.0 Å². The smallest absolute Gasteiger partial charge is 0.0294 e. The summed E-state index contributed by atoms with van der Waals surface area (Å²) >= 11 is 0. The normalized spacial score (nSPS) is 12.3. The molecule has 2 rings (SSSR count). The number of hydrogen-bond donors (Lipinski definition) is 1. The molecule has 2 aromatic rings. The first-order valence-corrected chi connectivity index (χ1v) is 7.22. The molecule has 100 valence electrons. The molecule has 0 saturated carbocycles. The van der Waals surface area contributed by atoms with Gasteiger partial charge in [-0.25, -0.2) is 0 Å². The summed E-state index contributed by atoms with van der Waals surface area (Å²) in [6.07, 6.45) is 4.83. The second kappa shape index (κ2) is 7.10. The minimum Gasteiger partial charge on any atom is -0.324 e. The standard InChI is InChI=1S/C18H23N/c1-2-3-5-10-18(19)17-13-11-16(12-14-17)15-8-6-4-7-9-15/h4,6-9,11-14,18H,2-3,5,10,19H2,1H3/t18-/m0/s1. The first-order chi connectivity index (χ1) is 9.31. The van der Waals surface area contributed by atoms with Crippen LogP contribution in [0.15, 0.2) is 54.6 Å². The van der Waals surface area contributed by atoms with E-state index in [4.69, 9.17) is 5.73 Å². The molecule has 1 atom stereocenters. The van der Waals surface area contributed by atoms with Crippen LogP contribution in [0.1, 0.15) is 44.2 Å². The molecule has 0 aliphatic heterocycles. The molecule has 2 N–H and O–H groups in total. The molecule has 0 heterocycles. The van der Waals surface area contributed by atoms with Crippen LogP contribution in [0.3, 0.4) is 0 Å². The van der Waals surface area contributed by atoms with Crippen molar-refractivity contribution in [2.24, 2.45) is 5.73 Å². The average molecular weight is 253 g/mol. The van der Waals surface area contributed by atoms with E-state index in [0.717, 1.165) is 6.42 Å². The minimum atomic E-state index is 0.177. The maximum Gasteiger partial charge on any atom is 0.0294 e. The Bertz CT molecular complexity index is 473. The van der Waals surface area contributed by atoms with Crippen molar-refractivity contribution in [3.8, 4) is 11.1 Å². The molecule has 0 saturated heterocycles. The van der Waals surface area contributed by atoms with E-state index in [1.165, 1.54) is 36.0 Å². The highest BCUT2D eigenvalue weighted by molar-refractivity contribution is 5.63. The molecule has 0 spiro atoms. The van der Waals surface area contributed by atoms with Gasteiger partial charge >= 0.3 is 0 Å². The van der Waals surface area contributed by atoms with Gasteiger partial charge in [0.2, 0.25) is 0 Å². The number of benzene rings is 2. The van der Waals surface area contributed by atoms with Crippen LogP contribution in [-0.2, 0) is 0 Å². The summed E-state index contributed by atoms with van der Waals surface area (Å²) in [4.78, 5) is 0. The Morgan fingerprint density at radius 1 is 0.842 bits per heavy atom. The maximum absolute atomic E-state index is 6.22. The van der Waals surface area contributed by atoms with Crippen LogP contribution in [-0.4, -0.2) is 0 Å². The molecule has 0 aliphatic carbocycles. The van der Waals surface area contributed by atoms with Crippen molar-refractivity contribution in [2.45, 2.75) is 38.6 Å². The third-order valence-electron chi connectivity index (χ3n) is 3.56. The van der Waals surface area contributed by atoms with Gasteiger partial charge in [-0.1, -0.05) is 80.8 Å². The molecule has 2 aromatic carbocycles. The zero-order valence-corrected chi connectivity index (χ0v) is 11.7. The highest BCUT2D eigenvalue weighted by Gasteiger charge is 2.05. The summed E-state index contributed by atoms with van der Waals surface area (Å²) in [5.41, 5.74) is 9.98. The fraction of sp³-hybridized carbons (Fsp3) is 0.333. The van der Waals surface area contributed by atoms with Crippen LogP contribution in [0.5, 0.6) is 0 Å².